The quantitative estimate of drug-likeness (QED) is 0.136. The van der Waals surface area contributed by atoms with E-state index in [0.29, 0.717) is 35.6 Å². The summed E-state index contributed by atoms with van der Waals surface area (Å²) in [5, 5.41) is 0. The number of methoxy groups -OCH3 is 1. The van der Waals surface area contributed by atoms with Crippen molar-refractivity contribution in [2.24, 2.45) is 0 Å². The molecule has 1 aliphatic rings. The van der Waals surface area contributed by atoms with Crippen LogP contribution < -0.4 is 14.4 Å². The zero-order valence-electron chi connectivity index (χ0n) is 24.1. The normalized spacial score (nSPS) is 13.0. The van der Waals surface area contributed by atoms with Crippen molar-refractivity contribution in [3.05, 3.63) is 95.1 Å². The van der Waals surface area contributed by atoms with E-state index in [1.165, 1.54) is 4.90 Å². The van der Waals surface area contributed by atoms with Gasteiger partial charge < -0.3 is 14.2 Å². The largest absolute Gasteiger partial charge is 0.497 e. The third kappa shape index (κ3) is 7.84. The van der Waals surface area contributed by atoms with E-state index in [-0.39, 0.29) is 24.2 Å². The summed E-state index contributed by atoms with van der Waals surface area (Å²) < 4.78 is 16.8. The van der Waals surface area contributed by atoms with Crippen molar-refractivity contribution in [2.75, 3.05) is 18.6 Å². The first kappa shape index (κ1) is 29.6. The number of anilines is 1. The fourth-order valence-corrected chi connectivity index (χ4v) is 4.57. The Morgan fingerprint density at radius 2 is 1.59 bits per heavy atom. The molecular weight excluding hydrogens is 518 g/mol. The number of rotatable bonds is 12. The van der Waals surface area contributed by atoms with Crippen LogP contribution in [0.1, 0.15) is 78.3 Å². The molecule has 0 radical (unpaired) electrons. The van der Waals surface area contributed by atoms with Gasteiger partial charge in [0.25, 0.3) is 11.8 Å². The molecule has 0 spiro atoms. The van der Waals surface area contributed by atoms with Crippen LogP contribution >= 0.6 is 0 Å². The molecule has 0 atom stereocenters. The minimum absolute atomic E-state index is 0.148. The Balaban J connectivity index is 1.39. The summed E-state index contributed by atoms with van der Waals surface area (Å²) in [6, 6.07) is 20.0. The van der Waals surface area contributed by atoms with Crippen molar-refractivity contribution in [1.82, 2.24) is 0 Å². The molecule has 4 rings (SSSR count). The molecule has 41 heavy (non-hydrogen) atoms. The standard InChI is InChI=1S/C34H37NO6/c1-34(2,3)41-31(36)21-16-25-23-26(35-32(37)28-12-8-9-13-29(28)33(35)38)17-20-30(25)40-22-10-6-5-7-11-24-14-18-27(39-4)19-15-24/h7-9,11-15,17-20,23H,5-6,10,16,21-22H2,1-4H3/b11-7+. The Kier molecular flexibility index (Phi) is 9.61. The van der Waals surface area contributed by atoms with Crippen molar-refractivity contribution in [3.8, 4) is 11.5 Å². The van der Waals surface area contributed by atoms with Gasteiger partial charge in [-0.3, -0.25) is 14.4 Å². The summed E-state index contributed by atoms with van der Waals surface area (Å²) >= 11 is 0. The molecule has 3 aromatic carbocycles. The van der Waals surface area contributed by atoms with Gasteiger partial charge in [-0.1, -0.05) is 36.4 Å². The van der Waals surface area contributed by atoms with Crippen LogP contribution in [0.15, 0.2) is 72.8 Å². The Bertz CT molecular complexity index is 1380. The van der Waals surface area contributed by atoms with Crippen molar-refractivity contribution in [3.63, 3.8) is 0 Å². The number of aryl methyl sites for hydroxylation is 1. The van der Waals surface area contributed by atoms with E-state index in [1.807, 2.05) is 45.0 Å². The molecule has 0 aromatic heterocycles. The number of carbonyl (C=O) groups excluding carboxylic acids is 3. The summed E-state index contributed by atoms with van der Waals surface area (Å²) in [5.41, 5.74) is 2.49. The maximum atomic E-state index is 13.0. The number of carbonyl (C=O) groups is 3. The molecule has 7 nitrogen and oxygen atoms in total. The minimum Gasteiger partial charge on any atom is -0.497 e. The Hall–Kier alpha value is -4.39. The third-order valence-corrected chi connectivity index (χ3v) is 6.56. The fourth-order valence-electron chi connectivity index (χ4n) is 4.57. The Morgan fingerprint density at radius 1 is 0.902 bits per heavy atom. The Morgan fingerprint density at radius 3 is 2.22 bits per heavy atom. The number of fused-ring (bicyclic) bond motifs is 1. The van der Waals surface area contributed by atoms with E-state index >= 15 is 0 Å². The van der Waals surface area contributed by atoms with Crippen LogP contribution in [0, 0.1) is 0 Å². The number of benzene rings is 3. The number of nitrogens with zero attached hydrogens (tertiary/aromatic N) is 1. The number of hydrogen-bond donors (Lipinski definition) is 0. The van der Waals surface area contributed by atoms with Crippen LogP contribution in [0.5, 0.6) is 11.5 Å². The number of hydrogen-bond acceptors (Lipinski definition) is 6. The number of amides is 2. The minimum atomic E-state index is -0.583. The highest BCUT2D eigenvalue weighted by Gasteiger charge is 2.36. The molecule has 7 heteroatoms. The predicted octanol–water partition coefficient (Wildman–Crippen LogP) is 7.03. The highest BCUT2D eigenvalue weighted by molar-refractivity contribution is 6.34. The molecule has 0 saturated carbocycles. The second-order valence-electron chi connectivity index (χ2n) is 10.9. The van der Waals surface area contributed by atoms with Gasteiger partial charge in [-0.15, -0.1) is 0 Å². The number of unbranched alkanes of at least 4 members (excludes halogenated alkanes) is 2. The van der Waals surface area contributed by atoms with Crippen LogP contribution in [-0.4, -0.2) is 37.1 Å². The summed E-state index contributed by atoms with van der Waals surface area (Å²) in [4.78, 5) is 39.7. The number of ether oxygens (including phenoxy) is 3. The predicted molar refractivity (Wildman–Crippen MR) is 160 cm³/mol. The summed E-state index contributed by atoms with van der Waals surface area (Å²) in [6.45, 7) is 5.99. The van der Waals surface area contributed by atoms with E-state index in [1.54, 1.807) is 49.6 Å². The molecular formula is C34H37NO6. The average molecular weight is 556 g/mol. The number of allylic oxidation sites excluding steroid dienone is 1. The molecule has 214 valence electrons. The van der Waals surface area contributed by atoms with Gasteiger partial charge in [-0.2, -0.15) is 0 Å². The van der Waals surface area contributed by atoms with Crippen molar-refractivity contribution < 1.29 is 28.6 Å². The van der Waals surface area contributed by atoms with Gasteiger partial charge in [-0.25, -0.2) is 4.90 Å². The first-order valence-corrected chi connectivity index (χ1v) is 13.9. The van der Waals surface area contributed by atoms with E-state index in [2.05, 4.69) is 12.2 Å². The zero-order chi connectivity index (χ0) is 29.4. The lowest BCUT2D eigenvalue weighted by Gasteiger charge is -2.20. The van der Waals surface area contributed by atoms with Gasteiger partial charge in [-0.05, 0) is 100 Å². The molecule has 0 bridgehead atoms. The molecule has 2 amide bonds. The molecule has 0 N–H and O–H groups in total. The fraction of sp³-hybridized carbons (Fsp3) is 0.324. The summed E-state index contributed by atoms with van der Waals surface area (Å²) in [5.74, 6) is 0.419. The lowest BCUT2D eigenvalue weighted by Crippen LogP contribution is -2.29. The topological polar surface area (TPSA) is 82.1 Å². The lowest BCUT2D eigenvalue weighted by molar-refractivity contribution is -0.154. The van der Waals surface area contributed by atoms with Gasteiger partial charge >= 0.3 is 5.97 Å². The maximum Gasteiger partial charge on any atom is 0.306 e. The van der Waals surface area contributed by atoms with Crippen molar-refractivity contribution in [1.29, 1.82) is 0 Å². The summed E-state index contributed by atoms with van der Waals surface area (Å²) in [7, 11) is 1.65. The highest BCUT2D eigenvalue weighted by atomic mass is 16.6. The first-order chi connectivity index (χ1) is 19.7. The molecule has 0 aliphatic carbocycles. The van der Waals surface area contributed by atoms with Crippen LogP contribution in [0.3, 0.4) is 0 Å². The van der Waals surface area contributed by atoms with Gasteiger partial charge in [0.15, 0.2) is 0 Å². The van der Waals surface area contributed by atoms with Crippen LogP contribution in [0.4, 0.5) is 5.69 Å². The summed E-state index contributed by atoms with van der Waals surface area (Å²) in [6.07, 6.45) is 7.45. The number of imide groups is 1. The van der Waals surface area contributed by atoms with Gasteiger partial charge in [0, 0.05) is 6.42 Å². The molecule has 3 aromatic rings. The van der Waals surface area contributed by atoms with Crippen LogP contribution in [0.25, 0.3) is 6.08 Å². The van der Waals surface area contributed by atoms with E-state index in [9.17, 15) is 14.4 Å². The van der Waals surface area contributed by atoms with Gasteiger partial charge in [0.1, 0.15) is 17.1 Å². The highest BCUT2D eigenvalue weighted by Crippen LogP contribution is 2.32. The van der Waals surface area contributed by atoms with E-state index in [0.717, 1.165) is 36.1 Å². The molecule has 1 heterocycles. The van der Waals surface area contributed by atoms with Crippen molar-refractivity contribution in [2.45, 2.75) is 58.5 Å². The third-order valence-electron chi connectivity index (χ3n) is 6.56. The number of esters is 1. The zero-order valence-corrected chi connectivity index (χ0v) is 24.1. The monoisotopic (exact) mass is 555 g/mol. The Labute approximate surface area is 241 Å². The molecule has 0 saturated heterocycles. The van der Waals surface area contributed by atoms with Crippen LogP contribution in [0.2, 0.25) is 0 Å². The van der Waals surface area contributed by atoms with Crippen molar-refractivity contribution >= 4 is 29.5 Å². The lowest BCUT2D eigenvalue weighted by atomic mass is 10.1. The molecule has 0 unspecified atom stereocenters. The SMILES string of the molecule is COc1ccc(/C=C/CCCCOc2ccc(N3C(=O)c4ccccc4C3=O)cc2CCC(=O)OC(C)(C)C)cc1. The van der Waals surface area contributed by atoms with Crippen LogP contribution in [-0.2, 0) is 16.0 Å². The van der Waals surface area contributed by atoms with Gasteiger partial charge in [0.05, 0.1) is 30.5 Å². The average Bonchev–Trinajstić information content (AvgIpc) is 3.20. The first-order valence-electron chi connectivity index (χ1n) is 13.9. The van der Waals surface area contributed by atoms with E-state index in [4.69, 9.17) is 14.2 Å². The molecule has 0 fully saturated rings. The maximum absolute atomic E-state index is 13.0. The second-order valence-corrected chi connectivity index (χ2v) is 10.9. The van der Waals surface area contributed by atoms with E-state index < -0.39 is 5.60 Å². The van der Waals surface area contributed by atoms with Gasteiger partial charge in [0.2, 0.25) is 0 Å². The smallest absolute Gasteiger partial charge is 0.306 e. The second kappa shape index (κ2) is 13.3. The molecule has 1 aliphatic heterocycles.